The predicted molar refractivity (Wildman–Crippen MR) is 35.6 cm³/mol. The molecule has 0 aromatic carbocycles. The number of rotatable bonds is 3. The first-order valence-electron chi connectivity index (χ1n) is 3.04. The van der Waals surface area contributed by atoms with Crippen LogP contribution < -0.4 is 0 Å². The second-order valence-electron chi connectivity index (χ2n) is 1.98. The average molecular weight is 142 g/mol. The molecule has 0 unspecified atom stereocenters. The van der Waals surface area contributed by atoms with E-state index in [1.54, 1.807) is 0 Å². The molecule has 10 heavy (non-hydrogen) atoms. The Bertz CT molecular complexity index is 168. The van der Waals surface area contributed by atoms with Crippen LogP contribution in [0, 0.1) is 0 Å². The highest BCUT2D eigenvalue weighted by molar-refractivity contribution is 5.07. The van der Waals surface area contributed by atoms with Crippen LogP contribution in [0.1, 0.15) is 13.8 Å². The van der Waals surface area contributed by atoms with E-state index in [1.165, 1.54) is 6.26 Å². The fraction of sp³-hybridized carbons (Fsp3) is 0.429. The van der Waals surface area contributed by atoms with Crippen LogP contribution in [0.3, 0.4) is 0 Å². The average Bonchev–Trinajstić information content (AvgIpc) is 2.69. The zero-order valence-electron chi connectivity index (χ0n) is 6.09. The van der Waals surface area contributed by atoms with E-state index < -0.39 is 5.97 Å². The predicted octanol–water partition coefficient (Wildman–Crippen LogP) is 1.73. The molecular formula is C7H10O3. The largest absolute Gasteiger partial charge is 0.441 e. The third-order valence-electron chi connectivity index (χ3n) is 1.39. The molecule has 0 aromatic heterocycles. The van der Waals surface area contributed by atoms with Gasteiger partial charge in [-0.15, -0.1) is 9.78 Å². The Morgan fingerprint density at radius 2 is 2.20 bits per heavy atom. The zero-order chi connectivity index (χ0) is 7.61. The Kier molecular flexibility index (Phi) is 1.78. The summed E-state index contributed by atoms with van der Waals surface area (Å²) in [4.78, 5) is 9.25. The van der Waals surface area contributed by atoms with E-state index in [4.69, 9.17) is 4.74 Å². The first-order valence-corrected chi connectivity index (χ1v) is 3.04. The lowest BCUT2D eigenvalue weighted by atomic mass is 10.2. The van der Waals surface area contributed by atoms with Gasteiger partial charge in [-0.25, -0.2) is 0 Å². The van der Waals surface area contributed by atoms with Gasteiger partial charge in [-0.2, -0.15) is 0 Å². The Balaban J connectivity index is 2.59. The minimum absolute atomic E-state index is 0.882. The molecule has 0 atom stereocenters. The molecule has 0 bridgehead atoms. The lowest BCUT2D eigenvalue weighted by Gasteiger charge is -2.04. The Morgan fingerprint density at radius 1 is 1.60 bits per heavy atom. The fourth-order valence-corrected chi connectivity index (χ4v) is 0.588. The van der Waals surface area contributed by atoms with Crippen LogP contribution in [0.4, 0.5) is 0 Å². The van der Waals surface area contributed by atoms with Gasteiger partial charge in [0.15, 0.2) is 0 Å². The summed E-state index contributed by atoms with van der Waals surface area (Å²) in [6, 6.07) is 0. The van der Waals surface area contributed by atoms with E-state index in [0.29, 0.717) is 0 Å². The van der Waals surface area contributed by atoms with Crippen molar-refractivity contribution >= 4 is 0 Å². The van der Waals surface area contributed by atoms with Crippen LogP contribution >= 0.6 is 0 Å². The van der Waals surface area contributed by atoms with Gasteiger partial charge in [0.2, 0.25) is 0 Å². The Morgan fingerprint density at radius 3 is 2.50 bits per heavy atom. The van der Waals surface area contributed by atoms with Crippen molar-refractivity contribution in [2.24, 2.45) is 0 Å². The van der Waals surface area contributed by atoms with Crippen molar-refractivity contribution in [1.29, 1.82) is 0 Å². The van der Waals surface area contributed by atoms with Crippen molar-refractivity contribution in [1.82, 2.24) is 0 Å². The Labute approximate surface area is 59.8 Å². The minimum Gasteiger partial charge on any atom is -0.441 e. The first kappa shape index (κ1) is 7.31. The summed E-state index contributed by atoms with van der Waals surface area (Å²) in [6.45, 7) is 7.13. The molecule has 1 fully saturated rings. The summed E-state index contributed by atoms with van der Waals surface area (Å²) in [7, 11) is 0. The van der Waals surface area contributed by atoms with Gasteiger partial charge in [0.1, 0.15) is 0 Å². The quantitative estimate of drug-likeness (QED) is 0.260. The van der Waals surface area contributed by atoms with Gasteiger partial charge < -0.3 is 4.74 Å². The molecule has 0 aliphatic carbocycles. The van der Waals surface area contributed by atoms with Crippen LogP contribution in [0.5, 0.6) is 0 Å². The summed E-state index contributed by atoms with van der Waals surface area (Å²) >= 11 is 0. The second-order valence-corrected chi connectivity index (χ2v) is 1.98. The lowest BCUT2D eigenvalue weighted by Crippen LogP contribution is -2.13. The van der Waals surface area contributed by atoms with Crippen molar-refractivity contribution in [3.63, 3.8) is 0 Å². The monoisotopic (exact) mass is 142 g/mol. The number of hydrogen-bond acceptors (Lipinski definition) is 3. The summed E-state index contributed by atoms with van der Waals surface area (Å²) in [6.07, 6.45) is 3.15. The van der Waals surface area contributed by atoms with E-state index >= 15 is 0 Å². The van der Waals surface area contributed by atoms with E-state index in [1.807, 2.05) is 19.9 Å². The molecule has 1 saturated heterocycles. The summed E-state index contributed by atoms with van der Waals surface area (Å²) < 4.78 is 4.94. The van der Waals surface area contributed by atoms with E-state index in [2.05, 4.69) is 16.4 Å². The van der Waals surface area contributed by atoms with Crippen LogP contribution in [0.2, 0.25) is 0 Å². The van der Waals surface area contributed by atoms with Crippen LogP contribution in [-0.4, -0.2) is 5.97 Å². The zero-order valence-corrected chi connectivity index (χ0v) is 6.09. The van der Waals surface area contributed by atoms with Crippen molar-refractivity contribution in [2.75, 3.05) is 0 Å². The molecule has 3 nitrogen and oxygen atoms in total. The SMILES string of the molecule is C=COC1(C(C)=CC)OO1. The van der Waals surface area contributed by atoms with Crippen LogP contribution in [0.25, 0.3) is 0 Å². The third kappa shape index (κ3) is 1.05. The third-order valence-corrected chi connectivity index (χ3v) is 1.39. The molecule has 3 heteroatoms. The molecule has 0 radical (unpaired) electrons. The molecule has 1 aliphatic heterocycles. The van der Waals surface area contributed by atoms with Gasteiger partial charge in [-0.05, 0) is 13.8 Å². The summed E-state index contributed by atoms with van der Waals surface area (Å²) in [5.74, 6) is -0.948. The standard InChI is InChI=1S/C7H10O3/c1-4-6(3)7(8-5-2)9-10-7/h4-5H,2H2,1,3H3. The molecule has 1 aliphatic rings. The molecule has 1 heterocycles. The van der Waals surface area contributed by atoms with Crippen molar-refractivity contribution in [2.45, 2.75) is 19.8 Å². The summed E-state index contributed by atoms with van der Waals surface area (Å²) in [5.41, 5.74) is 0.882. The topological polar surface area (TPSA) is 34.3 Å². The highest BCUT2D eigenvalue weighted by Gasteiger charge is 2.53. The van der Waals surface area contributed by atoms with Gasteiger partial charge >= 0.3 is 5.97 Å². The van der Waals surface area contributed by atoms with E-state index in [9.17, 15) is 0 Å². The highest BCUT2D eigenvalue weighted by Crippen LogP contribution is 2.38. The smallest absolute Gasteiger partial charge is 0.405 e. The van der Waals surface area contributed by atoms with Crippen LogP contribution in [-0.2, 0) is 14.5 Å². The van der Waals surface area contributed by atoms with Gasteiger partial charge in [-0.3, -0.25) is 0 Å². The normalized spacial score (nSPS) is 22.0. The molecular weight excluding hydrogens is 132 g/mol. The number of ether oxygens (including phenoxy) is 1. The molecule has 56 valence electrons. The first-order chi connectivity index (χ1) is 4.75. The number of allylic oxidation sites excluding steroid dienone is 1. The van der Waals surface area contributed by atoms with Gasteiger partial charge in [-0.1, -0.05) is 12.7 Å². The van der Waals surface area contributed by atoms with Crippen molar-refractivity contribution in [3.05, 3.63) is 24.5 Å². The molecule has 0 amide bonds. The number of hydrogen-bond donors (Lipinski definition) is 0. The molecule has 1 rings (SSSR count). The molecule has 0 spiro atoms. The van der Waals surface area contributed by atoms with Gasteiger partial charge in [0.25, 0.3) is 0 Å². The lowest BCUT2D eigenvalue weighted by molar-refractivity contribution is 0.0482. The fourth-order valence-electron chi connectivity index (χ4n) is 0.588. The summed E-state index contributed by atoms with van der Waals surface area (Å²) in [5, 5.41) is 0. The van der Waals surface area contributed by atoms with Crippen LogP contribution in [0.15, 0.2) is 24.5 Å². The minimum atomic E-state index is -0.948. The Hall–Kier alpha value is -0.800. The van der Waals surface area contributed by atoms with Crippen molar-refractivity contribution < 1.29 is 14.5 Å². The van der Waals surface area contributed by atoms with E-state index in [0.717, 1.165) is 5.57 Å². The maximum Gasteiger partial charge on any atom is 0.405 e. The van der Waals surface area contributed by atoms with E-state index in [-0.39, 0.29) is 0 Å². The molecule has 0 N–H and O–H groups in total. The van der Waals surface area contributed by atoms with Gasteiger partial charge in [0.05, 0.1) is 6.26 Å². The second kappa shape index (κ2) is 2.44. The highest BCUT2D eigenvalue weighted by atomic mass is 17.4. The van der Waals surface area contributed by atoms with Gasteiger partial charge in [0, 0.05) is 5.57 Å². The van der Waals surface area contributed by atoms with Crippen molar-refractivity contribution in [3.8, 4) is 0 Å². The molecule has 0 saturated carbocycles. The maximum absolute atomic E-state index is 4.94. The molecule has 0 aromatic rings. The maximum atomic E-state index is 4.94.